The van der Waals surface area contributed by atoms with Crippen LogP contribution in [0, 0.1) is 0 Å². The predicted molar refractivity (Wildman–Crippen MR) is 87.5 cm³/mol. The molecular formula is C18H21NO2. The van der Waals surface area contributed by atoms with Crippen LogP contribution >= 0.6 is 0 Å². The Hall–Kier alpha value is -2.26. The first-order valence-corrected chi connectivity index (χ1v) is 6.97. The summed E-state index contributed by atoms with van der Waals surface area (Å²) in [6.45, 7) is 2.82. The number of ether oxygens (including phenoxy) is 1. The van der Waals surface area contributed by atoms with Crippen LogP contribution in [0.5, 0.6) is 5.75 Å². The van der Waals surface area contributed by atoms with Crippen LogP contribution in [0.15, 0.2) is 54.1 Å². The minimum atomic E-state index is -0.0302. The largest absolute Gasteiger partial charge is 0.496 e. The van der Waals surface area contributed by atoms with Gasteiger partial charge in [-0.15, -0.1) is 0 Å². The van der Waals surface area contributed by atoms with Crippen LogP contribution in [-0.2, 0) is 6.61 Å². The number of hydrogen-bond donors (Lipinski definition) is 2. The average Bonchev–Trinajstić information content (AvgIpc) is 2.53. The molecule has 3 heteroatoms. The van der Waals surface area contributed by atoms with Crippen LogP contribution in [0.3, 0.4) is 0 Å². The maximum Gasteiger partial charge on any atom is 0.124 e. The first-order valence-electron chi connectivity index (χ1n) is 6.97. The molecule has 21 heavy (non-hydrogen) atoms. The second kappa shape index (κ2) is 7.50. The fourth-order valence-corrected chi connectivity index (χ4v) is 2.14. The van der Waals surface area contributed by atoms with Gasteiger partial charge in [0.15, 0.2) is 0 Å². The Labute approximate surface area is 125 Å². The van der Waals surface area contributed by atoms with Gasteiger partial charge >= 0.3 is 0 Å². The van der Waals surface area contributed by atoms with E-state index >= 15 is 0 Å². The molecule has 0 bridgehead atoms. The van der Waals surface area contributed by atoms with Crippen LogP contribution in [0.25, 0.3) is 6.08 Å². The Kier molecular flexibility index (Phi) is 5.41. The smallest absolute Gasteiger partial charge is 0.124 e. The molecule has 2 rings (SSSR count). The van der Waals surface area contributed by atoms with Crippen LogP contribution < -0.4 is 10.1 Å². The third-order valence-electron chi connectivity index (χ3n) is 3.23. The van der Waals surface area contributed by atoms with Crippen molar-refractivity contribution in [3.63, 3.8) is 0 Å². The molecule has 2 N–H and O–H groups in total. The minimum Gasteiger partial charge on any atom is -0.496 e. The molecular weight excluding hydrogens is 262 g/mol. The van der Waals surface area contributed by atoms with Crippen molar-refractivity contribution in [1.82, 2.24) is 0 Å². The Balaban J connectivity index is 2.01. The maximum absolute atomic E-state index is 9.33. The van der Waals surface area contributed by atoms with E-state index in [1.807, 2.05) is 36.4 Å². The lowest BCUT2D eigenvalue weighted by Gasteiger charge is -2.11. The highest BCUT2D eigenvalue weighted by Gasteiger charge is 2.03. The van der Waals surface area contributed by atoms with E-state index in [1.165, 1.54) is 11.1 Å². The fraction of sp³-hybridized carbons (Fsp3) is 0.222. The van der Waals surface area contributed by atoms with Crippen molar-refractivity contribution in [2.24, 2.45) is 0 Å². The second-order valence-corrected chi connectivity index (χ2v) is 4.94. The van der Waals surface area contributed by atoms with Crippen LogP contribution in [0.1, 0.15) is 18.1 Å². The summed E-state index contributed by atoms with van der Waals surface area (Å²) in [4.78, 5) is 0. The van der Waals surface area contributed by atoms with Crippen molar-refractivity contribution in [2.45, 2.75) is 13.5 Å². The first kappa shape index (κ1) is 15.1. The quantitative estimate of drug-likeness (QED) is 0.849. The molecule has 0 aromatic heterocycles. The molecule has 0 radical (unpaired) electrons. The molecule has 0 aliphatic carbocycles. The highest BCUT2D eigenvalue weighted by Crippen LogP contribution is 2.22. The Morgan fingerprint density at radius 1 is 1.19 bits per heavy atom. The van der Waals surface area contributed by atoms with Crippen LogP contribution in [0.4, 0.5) is 5.69 Å². The summed E-state index contributed by atoms with van der Waals surface area (Å²) < 4.78 is 5.20. The van der Waals surface area contributed by atoms with Crippen molar-refractivity contribution in [3.8, 4) is 5.75 Å². The number of benzene rings is 2. The van der Waals surface area contributed by atoms with E-state index in [1.54, 1.807) is 7.11 Å². The van der Waals surface area contributed by atoms with Gasteiger partial charge in [0.25, 0.3) is 0 Å². The molecule has 0 aliphatic rings. The number of anilines is 1. The molecule has 0 saturated heterocycles. The Bertz CT molecular complexity index is 606. The summed E-state index contributed by atoms with van der Waals surface area (Å²) >= 11 is 0. The summed E-state index contributed by atoms with van der Waals surface area (Å²) in [5.41, 5.74) is 4.19. The van der Waals surface area contributed by atoms with E-state index in [2.05, 4.69) is 30.4 Å². The lowest BCUT2D eigenvalue weighted by Crippen LogP contribution is -2.03. The number of aliphatic hydroxyl groups excluding tert-OH is 1. The van der Waals surface area contributed by atoms with Gasteiger partial charge in [0.05, 0.1) is 13.7 Å². The molecule has 3 nitrogen and oxygen atoms in total. The molecule has 0 fully saturated rings. The van der Waals surface area contributed by atoms with Gasteiger partial charge in [-0.1, -0.05) is 42.0 Å². The van der Waals surface area contributed by atoms with Crippen molar-refractivity contribution in [3.05, 3.63) is 65.2 Å². The number of nitrogens with one attached hydrogen (secondary N) is 1. The average molecular weight is 283 g/mol. The highest BCUT2D eigenvalue weighted by atomic mass is 16.5. The molecule has 0 saturated carbocycles. The van der Waals surface area contributed by atoms with Crippen LogP contribution in [0.2, 0.25) is 0 Å². The van der Waals surface area contributed by atoms with Crippen molar-refractivity contribution >= 4 is 11.8 Å². The van der Waals surface area contributed by atoms with Crippen molar-refractivity contribution < 1.29 is 9.84 Å². The van der Waals surface area contributed by atoms with Gasteiger partial charge in [-0.3, -0.25) is 0 Å². The zero-order valence-corrected chi connectivity index (χ0v) is 12.5. The summed E-state index contributed by atoms with van der Waals surface area (Å²) in [5.74, 6) is 0.708. The topological polar surface area (TPSA) is 41.5 Å². The van der Waals surface area contributed by atoms with E-state index in [0.717, 1.165) is 17.8 Å². The fourth-order valence-electron chi connectivity index (χ4n) is 2.14. The van der Waals surface area contributed by atoms with Gasteiger partial charge in [-0.05, 0) is 30.7 Å². The van der Waals surface area contributed by atoms with Gasteiger partial charge in [-0.25, -0.2) is 0 Å². The van der Waals surface area contributed by atoms with Gasteiger partial charge in [0.2, 0.25) is 0 Å². The molecule has 0 heterocycles. The zero-order valence-electron chi connectivity index (χ0n) is 12.5. The maximum atomic E-state index is 9.33. The van der Waals surface area contributed by atoms with Gasteiger partial charge < -0.3 is 15.2 Å². The highest BCUT2D eigenvalue weighted by molar-refractivity contribution is 5.56. The lowest BCUT2D eigenvalue weighted by atomic mass is 10.1. The zero-order chi connectivity index (χ0) is 15.1. The summed E-state index contributed by atoms with van der Waals surface area (Å²) in [5, 5.41) is 12.7. The Morgan fingerprint density at radius 3 is 2.62 bits per heavy atom. The molecule has 0 atom stereocenters. The minimum absolute atomic E-state index is 0.0302. The number of hydrogen-bond acceptors (Lipinski definition) is 3. The van der Waals surface area contributed by atoms with E-state index in [-0.39, 0.29) is 6.61 Å². The van der Waals surface area contributed by atoms with E-state index < -0.39 is 0 Å². The van der Waals surface area contributed by atoms with Gasteiger partial charge in [-0.2, -0.15) is 0 Å². The monoisotopic (exact) mass is 283 g/mol. The van der Waals surface area contributed by atoms with Crippen LogP contribution in [-0.4, -0.2) is 18.8 Å². The van der Waals surface area contributed by atoms with Crippen molar-refractivity contribution in [1.29, 1.82) is 0 Å². The third kappa shape index (κ3) is 4.36. The molecule has 0 aliphatic heterocycles. The molecule has 0 amide bonds. The van der Waals surface area contributed by atoms with E-state index in [9.17, 15) is 5.11 Å². The SMILES string of the molecule is COc1ccc(NC/C(C)=C/c2ccccc2)cc1CO. The molecule has 0 unspecified atom stereocenters. The molecule has 2 aromatic rings. The third-order valence-corrected chi connectivity index (χ3v) is 3.23. The standard InChI is InChI=1S/C18H21NO2/c1-14(10-15-6-4-3-5-7-15)12-19-17-8-9-18(21-2)16(11-17)13-20/h3-11,19-20H,12-13H2,1-2H3/b14-10+. The second-order valence-electron chi connectivity index (χ2n) is 4.94. The normalized spacial score (nSPS) is 11.3. The molecule has 0 spiro atoms. The van der Waals surface area contributed by atoms with E-state index in [4.69, 9.17) is 4.74 Å². The Morgan fingerprint density at radius 2 is 1.95 bits per heavy atom. The number of aliphatic hydroxyl groups is 1. The van der Waals surface area contributed by atoms with Gasteiger partial charge in [0, 0.05) is 17.8 Å². The molecule has 2 aromatic carbocycles. The summed E-state index contributed by atoms with van der Waals surface area (Å²) in [6, 6.07) is 16.0. The first-order chi connectivity index (χ1) is 10.2. The lowest BCUT2D eigenvalue weighted by molar-refractivity contribution is 0.274. The van der Waals surface area contributed by atoms with E-state index in [0.29, 0.717) is 5.75 Å². The van der Waals surface area contributed by atoms with Crippen molar-refractivity contribution in [2.75, 3.05) is 19.0 Å². The number of methoxy groups -OCH3 is 1. The predicted octanol–water partition coefficient (Wildman–Crippen LogP) is 3.70. The van der Waals surface area contributed by atoms with Gasteiger partial charge in [0.1, 0.15) is 5.75 Å². The summed E-state index contributed by atoms with van der Waals surface area (Å²) in [6.07, 6.45) is 2.16. The molecule has 110 valence electrons. The number of rotatable bonds is 6. The summed E-state index contributed by atoms with van der Waals surface area (Å²) in [7, 11) is 1.61.